The molecule has 2 heterocycles. The van der Waals surface area contributed by atoms with Gasteiger partial charge in [0.1, 0.15) is 0 Å². The van der Waals surface area contributed by atoms with Gasteiger partial charge in [-0.3, -0.25) is 4.40 Å². The fraction of sp³-hybridized carbons (Fsp3) is 0.688. The predicted octanol–water partition coefficient (Wildman–Crippen LogP) is 3.59. The van der Waals surface area contributed by atoms with Crippen LogP contribution in [0.5, 0.6) is 0 Å². The van der Waals surface area contributed by atoms with E-state index in [4.69, 9.17) is 10.7 Å². The lowest BCUT2D eigenvalue weighted by molar-refractivity contribution is 0.150. The summed E-state index contributed by atoms with van der Waals surface area (Å²) in [6.45, 7) is 5.55. The second-order valence-corrected chi connectivity index (χ2v) is 7.48. The highest BCUT2D eigenvalue weighted by Gasteiger charge is 2.31. The van der Waals surface area contributed by atoms with Gasteiger partial charge in [-0.25, -0.2) is 4.98 Å². The third kappa shape index (κ3) is 2.77. The normalized spacial score (nSPS) is 27.5. The zero-order chi connectivity index (χ0) is 14.1. The van der Waals surface area contributed by atoms with Crippen LogP contribution in [0.2, 0.25) is 0 Å². The highest BCUT2D eigenvalue weighted by molar-refractivity contribution is 7.15. The minimum atomic E-state index is 0.685. The molecule has 0 saturated heterocycles. The van der Waals surface area contributed by atoms with Gasteiger partial charge in [-0.15, -0.1) is 11.3 Å². The Morgan fingerprint density at radius 3 is 2.95 bits per heavy atom. The van der Waals surface area contributed by atoms with E-state index in [0.29, 0.717) is 11.8 Å². The van der Waals surface area contributed by atoms with E-state index in [0.717, 1.165) is 29.8 Å². The predicted molar refractivity (Wildman–Crippen MR) is 85.0 cm³/mol. The van der Waals surface area contributed by atoms with Gasteiger partial charge in [0.25, 0.3) is 0 Å². The molecule has 3 nitrogen and oxygen atoms in total. The lowest BCUT2D eigenvalue weighted by Gasteiger charge is -2.37. The number of hydrogen-bond donors (Lipinski definition) is 1. The van der Waals surface area contributed by atoms with Crippen LogP contribution in [0.15, 0.2) is 17.8 Å². The summed E-state index contributed by atoms with van der Waals surface area (Å²) < 4.78 is 2.14. The van der Waals surface area contributed by atoms with Crippen LogP contribution in [0, 0.1) is 23.7 Å². The number of imidazole rings is 1. The summed E-state index contributed by atoms with van der Waals surface area (Å²) in [5, 5.41) is 2.09. The lowest BCUT2D eigenvalue weighted by atomic mass is 9.69. The molecule has 2 aromatic rings. The highest BCUT2D eigenvalue weighted by Crippen LogP contribution is 2.38. The van der Waals surface area contributed by atoms with E-state index >= 15 is 0 Å². The number of fused-ring (bicyclic) bond motifs is 1. The van der Waals surface area contributed by atoms with E-state index in [1.54, 1.807) is 11.3 Å². The smallest absolute Gasteiger partial charge is 0.193 e. The largest absolute Gasteiger partial charge is 0.330 e. The molecule has 3 atom stereocenters. The van der Waals surface area contributed by atoms with Gasteiger partial charge in [-0.05, 0) is 55.9 Å². The average molecular weight is 291 g/mol. The fourth-order valence-electron chi connectivity index (χ4n) is 3.67. The lowest BCUT2D eigenvalue weighted by Crippen LogP contribution is -2.33. The van der Waals surface area contributed by atoms with Crippen molar-refractivity contribution in [3.8, 4) is 0 Å². The Morgan fingerprint density at radius 1 is 1.40 bits per heavy atom. The molecule has 20 heavy (non-hydrogen) atoms. The molecule has 3 rings (SSSR count). The molecule has 0 amide bonds. The molecule has 110 valence electrons. The molecule has 0 aromatic carbocycles. The maximum absolute atomic E-state index is 6.00. The molecular weight excluding hydrogens is 266 g/mol. The van der Waals surface area contributed by atoms with E-state index in [1.807, 2.05) is 0 Å². The van der Waals surface area contributed by atoms with Crippen molar-refractivity contribution in [3.05, 3.63) is 23.5 Å². The topological polar surface area (TPSA) is 43.3 Å². The molecule has 0 aliphatic heterocycles. The first kappa shape index (κ1) is 14.1. The van der Waals surface area contributed by atoms with Crippen LogP contribution >= 0.6 is 11.3 Å². The van der Waals surface area contributed by atoms with Gasteiger partial charge < -0.3 is 5.73 Å². The van der Waals surface area contributed by atoms with Crippen LogP contribution in [-0.2, 0) is 6.42 Å². The highest BCUT2D eigenvalue weighted by atomic mass is 32.1. The monoisotopic (exact) mass is 291 g/mol. The Bertz CT molecular complexity index is 528. The van der Waals surface area contributed by atoms with Crippen LogP contribution in [0.1, 0.15) is 38.8 Å². The zero-order valence-electron chi connectivity index (χ0n) is 12.5. The van der Waals surface area contributed by atoms with Crippen LogP contribution in [-0.4, -0.2) is 15.9 Å². The second kappa shape index (κ2) is 5.86. The summed E-state index contributed by atoms with van der Waals surface area (Å²) in [5.41, 5.74) is 7.24. The summed E-state index contributed by atoms with van der Waals surface area (Å²) in [7, 11) is 0. The van der Waals surface area contributed by atoms with E-state index in [9.17, 15) is 0 Å². The molecule has 1 aliphatic carbocycles. The maximum Gasteiger partial charge on any atom is 0.193 e. The minimum Gasteiger partial charge on any atom is -0.330 e. The molecule has 0 bridgehead atoms. The SMILES string of the molecule is CC(C)C1CCC(CN)C(Cc2cn3ccsc3n2)C1. The average Bonchev–Trinajstić information content (AvgIpc) is 2.99. The maximum atomic E-state index is 6.00. The number of hydrogen-bond acceptors (Lipinski definition) is 3. The van der Waals surface area contributed by atoms with Gasteiger partial charge >= 0.3 is 0 Å². The summed E-state index contributed by atoms with van der Waals surface area (Å²) in [6, 6.07) is 0. The minimum absolute atomic E-state index is 0.685. The summed E-state index contributed by atoms with van der Waals surface area (Å²) >= 11 is 1.71. The quantitative estimate of drug-likeness (QED) is 0.935. The van der Waals surface area contributed by atoms with Crippen LogP contribution in [0.4, 0.5) is 0 Å². The first-order valence-corrected chi connectivity index (χ1v) is 8.66. The third-order valence-corrected chi connectivity index (χ3v) is 5.81. The van der Waals surface area contributed by atoms with Crippen molar-refractivity contribution in [1.82, 2.24) is 9.38 Å². The molecule has 2 aromatic heterocycles. The van der Waals surface area contributed by atoms with Crippen LogP contribution in [0.25, 0.3) is 4.96 Å². The number of nitrogens with two attached hydrogens (primary N) is 1. The Morgan fingerprint density at radius 2 is 2.25 bits per heavy atom. The van der Waals surface area contributed by atoms with Crippen LogP contribution in [0.3, 0.4) is 0 Å². The van der Waals surface area contributed by atoms with Crippen molar-refractivity contribution in [2.75, 3.05) is 6.54 Å². The Labute approximate surface area is 125 Å². The number of aromatic nitrogens is 2. The van der Waals surface area contributed by atoms with Gasteiger partial charge in [0.15, 0.2) is 4.96 Å². The third-order valence-electron chi connectivity index (χ3n) is 5.04. The Hall–Kier alpha value is -0.870. The molecule has 1 aliphatic rings. The second-order valence-electron chi connectivity index (χ2n) is 6.60. The Balaban J connectivity index is 1.73. The fourth-order valence-corrected chi connectivity index (χ4v) is 4.39. The number of nitrogens with zero attached hydrogens (tertiary/aromatic N) is 2. The molecular formula is C16H25N3S. The molecule has 0 radical (unpaired) electrons. The van der Waals surface area contributed by atoms with Gasteiger partial charge in [0, 0.05) is 17.8 Å². The summed E-state index contributed by atoms with van der Waals surface area (Å²) in [5.74, 6) is 3.06. The van der Waals surface area contributed by atoms with Gasteiger partial charge in [0.05, 0.1) is 5.69 Å². The van der Waals surface area contributed by atoms with Crippen molar-refractivity contribution in [1.29, 1.82) is 0 Å². The molecule has 1 fully saturated rings. The molecule has 0 spiro atoms. The number of thiazole rings is 1. The van der Waals surface area contributed by atoms with Crippen molar-refractivity contribution in [2.45, 2.75) is 39.5 Å². The summed E-state index contributed by atoms with van der Waals surface area (Å²) in [4.78, 5) is 5.86. The van der Waals surface area contributed by atoms with E-state index < -0.39 is 0 Å². The molecule has 2 N–H and O–H groups in total. The van der Waals surface area contributed by atoms with Crippen molar-refractivity contribution in [2.24, 2.45) is 29.4 Å². The van der Waals surface area contributed by atoms with Gasteiger partial charge in [-0.2, -0.15) is 0 Å². The van der Waals surface area contributed by atoms with Crippen molar-refractivity contribution >= 4 is 16.3 Å². The van der Waals surface area contributed by atoms with E-state index in [1.165, 1.54) is 25.0 Å². The van der Waals surface area contributed by atoms with E-state index in [2.05, 4.69) is 36.0 Å². The molecule has 4 heteroatoms. The van der Waals surface area contributed by atoms with Gasteiger partial charge in [-0.1, -0.05) is 13.8 Å². The number of rotatable bonds is 4. The van der Waals surface area contributed by atoms with Crippen LogP contribution < -0.4 is 5.73 Å². The standard InChI is InChI=1S/C16H25N3S/c1-11(2)12-3-4-13(9-17)14(7-12)8-15-10-19-5-6-20-16(19)18-15/h5-6,10-14H,3-4,7-9,17H2,1-2H3. The molecule has 1 saturated carbocycles. The zero-order valence-corrected chi connectivity index (χ0v) is 13.3. The van der Waals surface area contributed by atoms with Crippen molar-refractivity contribution < 1.29 is 0 Å². The van der Waals surface area contributed by atoms with Crippen molar-refractivity contribution in [3.63, 3.8) is 0 Å². The first-order chi connectivity index (χ1) is 9.67. The Kier molecular flexibility index (Phi) is 4.13. The summed E-state index contributed by atoms with van der Waals surface area (Å²) in [6.07, 6.45) is 9.36. The molecule has 3 unspecified atom stereocenters. The first-order valence-electron chi connectivity index (χ1n) is 7.78. The van der Waals surface area contributed by atoms with E-state index in [-0.39, 0.29) is 0 Å². The van der Waals surface area contributed by atoms with Gasteiger partial charge in [0.2, 0.25) is 0 Å².